The normalized spacial score (nSPS) is 14.8. The summed E-state index contributed by atoms with van der Waals surface area (Å²) in [5, 5.41) is 9.85. The molecule has 1 aliphatic heterocycles. The van der Waals surface area contributed by atoms with E-state index >= 15 is 0 Å². The number of carboxylic acid groups (broad SMARTS) is 1. The number of aliphatic carboxylic acids is 1. The van der Waals surface area contributed by atoms with Crippen LogP contribution in [0.1, 0.15) is 29.2 Å². The Morgan fingerprint density at radius 3 is 2.41 bits per heavy atom. The molecule has 1 aliphatic rings. The zero-order chi connectivity index (χ0) is 19.6. The first kappa shape index (κ1) is 19.7. The highest BCUT2D eigenvalue weighted by Gasteiger charge is 2.32. The van der Waals surface area contributed by atoms with Crippen LogP contribution in [0.2, 0.25) is 5.02 Å². The van der Waals surface area contributed by atoms with Crippen molar-refractivity contribution in [1.82, 2.24) is 4.90 Å². The number of anilines is 1. The fraction of sp³-hybridized carbons (Fsp3) is 0.409. The summed E-state index contributed by atoms with van der Waals surface area (Å²) in [6.45, 7) is 10.1. The standard InChI is InChI=1S/C22H27ClN2O2/c1-4-25(20-8-15(2)21(23)16(3)9-20)12-18-7-5-6-17(10-18)11-24-13-19(14-24)22(26)27/h5-10,19H,4,11-14H2,1-3H3,(H,26,27). The van der Waals surface area contributed by atoms with Crippen molar-refractivity contribution in [3.63, 3.8) is 0 Å². The van der Waals surface area contributed by atoms with Gasteiger partial charge in [-0.3, -0.25) is 9.69 Å². The van der Waals surface area contributed by atoms with Gasteiger partial charge in [0.2, 0.25) is 0 Å². The fourth-order valence-electron chi connectivity index (χ4n) is 3.65. The smallest absolute Gasteiger partial charge is 0.309 e. The van der Waals surface area contributed by atoms with Crippen LogP contribution in [-0.2, 0) is 17.9 Å². The number of carboxylic acids is 1. The van der Waals surface area contributed by atoms with Crippen molar-refractivity contribution in [2.45, 2.75) is 33.9 Å². The molecule has 3 rings (SSSR count). The van der Waals surface area contributed by atoms with Crippen molar-refractivity contribution < 1.29 is 9.90 Å². The fourth-order valence-corrected chi connectivity index (χ4v) is 3.76. The largest absolute Gasteiger partial charge is 0.481 e. The number of carbonyl (C=O) groups is 1. The maximum absolute atomic E-state index is 11.0. The Labute approximate surface area is 166 Å². The molecule has 0 aliphatic carbocycles. The molecule has 1 heterocycles. The van der Waals surface area contributed by atoms with Gasteiger partial charge in [-0.15, -0.1) is 0 Å². The van der Waals surface area contributed by atoms with Gasteiger partial charge in [0.05, 0.1) is 5.92 Å². The minimum atomic E-state index is -0.688. The number of hydrogen-bond donors (Lipinski definition) is 1. The van der Waals surface area contributed by atoms with Gasteiger partial charge in [0.1, 0.15) is 0 Å². The maximum atomic E-state index is 11.0. The highest BCUT2D eigenvalue weighted by atomic mass is 35.5. The number of hydrogen-bond acceptors (Lipinski definition) is 3. The molecule has 1 N–H and O–H groups in total. The lowest BCUT2D eigenvalue weighted by Crippen LogP contribution is -2.49. The Morgan fingerprint density at radius 2 is 1.81 bits per heavy atom. The van der Waals surface area contributed by atoms with Crippen LogP contribution in [0.4, 0.5) is 5.69 Å². The first-order chi connectivity index (χ1) is 12.9. The SMILES string of the molecule is CCN(Cc1cccc(CN2CC(C(=O)O)C2)c1)c1cc(C)c(Cl)c(C)c1. The van der Waals surface area contributed by atoms with E-state index in [1.165, 1.54) is 16.8 Å². The summed E-state index contributed by atoms with van der Waals surface area (Å²) >= 11 is 6.32. The summed E-state index contributed by atoms with van der Waals surface area (Å²) < 4.78 is 0. The molecule has 0 saturated carbocycles. The Bertz CT molecular complexity index is 808. The second-order valence-electron chi connectivity index (χ2n) is 7.46. The van der Waals surface area contributed by atoms with Gasteiger partial charge in [-0.05, 0) is 55.2 Å². The lowest BCUT2D eigenvalue weighted by molar-refractivity contribution is -0.147. The molecule has 0 bridgehead atoms. The van der Waals surface area contributed by atoms with Gasteiger partial charge >= 0.3 is 5.97 Å². The zero-order valence-corrected chi connectivity index (χ0v) is 17.0. The van der Waals surface area contributed by atoms with Crippen LogP contribution in [0.15, 0.2) is 36.4 Å². The molecular weight excluding hydrogens is 360 g/mol. The van der Waals surface area contributed by atoms with E-state index < -0.39 is 5.97 Å². The molecule has 0 unspecified atom stereocenters. The number of likely N-dealkylation sites (tertiary alicyclic amines) is 1. The molecule has 4 nitrogen and oxygen atoms in total. The monoisotopic (exact) mass is 386 g/mol. The Kier molecular flexibility index (Phi) is 6.08. The highest BCUT2D eigenvalue weighted by molar-refractivity contribution is 6.32. The van der Waals surface area contributed by atoms with Crippen molar-refractivity contribution in [3.8, 4) is 0 Å². The van der Waals surface area contributed by atoms with Gasteiger partial charge in [-0.25, -0.2) is 0 Å². The van der Waals surface area contributed by atoms with Crippen LogP contribution >= 0.6 is 11.6 Å². The molecule has 0 amide bonds. The highest BCUT2D eigenvalue weighted by Crippen LogP contribution is 2.28. The molecule has 27 heavy (non-hydrogen) atoms. The van der Waals surface area contributed by atoms with E-state index in [0.29, 0.717) is 13.1 Å². The van der Waals surface area contributed by atoms with E-state index in [-0.39, 0.29) is 5.92 Å². The van der Waals surface area contributed by atoms with Crippen molar-refractivity contribution in [2.75, 3.05) is 24.5 Å². The lowest BCUT2D eigenvalue weighted by Gasteiger charge is -2.36. The molecule has 2 aromatic carbocycles. The van der Waals surface area contributed by atoms with Crippen LogP contribution in [0.25, 0.3) is 0 Å². The molecule has 0 aromatic heterocycles. The number of nitrogens with zero attached hydrogens (tertiary/aromatic N) is 2. The first-order valence-corrected chi connectivity index (χ1v) is 9.79. The summed E-state index contributed by atoms with van der Waals surface area (Å²) in [6, 6.07) is 12.9. The van der Waals surface area contributed by atoms with Gasteiger partial charge < -0.3 is 10.0 Å². The molecule has 144 valence electrons. The third kappa shape index (κ3) is 4.63. The van der Waals surface area contributed by atoms with Crippen molar-refractivity contribution in [3.05, 3.63) is 63.7 Å². The molecule has 0 radical (unpaired) electrons. The average molecular weight is 387 g/mol. The van der Waals surface area contributed by atoms with E-state index in [1.807, 2.05) is 13.8 Å². The number of benzene rings is 2. The van der Waals surface area contributed by atoms with Gasteiger partial charge in [0.15, 0.2) is 0 Å². The van der Waals surface area contributed by atoms with Crippen LogP contribution in [0, 0.1) is 19.8 Å². The minimum Gasteiger partial charge on any atom is -0.481 e. The van der Waals surface area contributed by atoms with E-state index in [1.54, 1.807) is 0 Å². The minimum absolute atomic E-state index is 0.208. The molecule has 1 fully saturated rings. The molecule has 0 spiro atoms. The lowest BCUT2D eigenvalue weighted by atomic mass is 9.99. The van der Waals surface area contributed by atoms with Crippen molar-refractivity contribution >= 4 is 23.3 Å². The van der Waals surface area contributed by atoms with E-state index in [4.69, 9.17) is 16.7 Å². The second-order valence-corrected chi connectivity index (χ2v) is 7.83. The van der Waals surface area contributed by atoms with Gasteiger partial charge in [-0.1, -0.05) is 35.9 Å². The summed E-state index contributed by atoms with van der Waals surface area (Å²) in [4.78, 5) is 15.5. The quantitative estimate of drug-likeness (QED) is 0.760. The molecule has 5 heteroatoms. The van der Waals surface area contributed by atoms with Crippen LogP contribution < -0.4 is 4.90 Å². The van der Waals surface area contributed by atoms with Crippen LogP contribution in [0.5, 0.6) is 0 Å². The Morgan fingerprint density at radius 1 is 1.19 bits per heavy atom. The molecule has 2 aromatic rings. The van der Waals surface area contributed by atoms with E-state index in [9.17, 15) is 4.79 Å². The summed E-state index contributed by atoms with van der Waals surface area (Å²) in [5.41, 5.74) is 5.88. The van der Waals surface area contributed by atoms with Crippen LogP contribution in [-0.4, -0.2) is 35.6 Å². The van der Waals surface area contributed by atoms with Crippen molar-refractivity contribution in [2.24, 2.45) is 5.92 Å². The Balaban J connectivity index is 1.68. The van der Waals surface area contributed by atoms with Crippen LogP contribution in [0.3, 0.4) is 0 Å². The summed E-state index contributed by atoms with van der Waals surface area (Å²) in [7, 11) is 0. The maximum Gasteiger partial charge on any atom is 0.309 e. The second kappa shape index (κ2) is 8.32. The van der Waals surface area contributed by atoms with E-state index in [2.05, 4.69) is 53.1 Å². The third-order valence-corrected chi connectivity index (χ3v) is 5.84. The predicted molar refractivity (Wildman–Crippen MR) is 110 cm³/mol. The summed E-state index contributed by atoms with van der Waals surface area (Å²) in [5.74, 6) is -0.896. The Hall–Kier alpha value is -2.04. The summed E-state index contributed by atoms with van der Waals surface area (Å²) in [6.07, 6.45) is 0. The molecular formula is C22H27ClN2O2. The molecule has 1 saturated heterocycles. The van der Waals surface area contributed by atoms with Gasteiger partial charge in [0.25, 0.3) is 0 Å². The topological polar surface area (TPSA) is 43.8 Å². The third-order valence-electron chi connectivity index (χ3n) is 5.25. The number of halogens is 1. The van der Waals surface area contributed by atoms with Crippen molar-refractivity contribution in [1.29, 1.82) is 0 Å². The predicted octanol–water partition coefficient (Wildman–Crippen LogP) is 4.50. The number of rotatable bonds is 7. The first-order valence-electron chi connectivity index (χ1n) is 9.42. The number of aryl methyl sites for hydroxylation is 2. The average Bonchev–Trinajstić information content (AvgIpc) is 2.60. The molecule has 0 atom stereocenters. The van der Waals surface area contributed by atoms with Gasteiger partial charge in [-0.2, -0.15) is 0 Å². The van der Waals surface area contributed by atoms with Gasteiger partial charge in [0, 0.05) is 43.4 Å². The zero-order valence-electron chi connectivity index (χ0n) is 16.2. The van der Waals surface area contributed by atoms with E-state index in [0.717, 1.165) is 35.8 Å².